The van der Waals surface area contributed by atoms with Gasteiger partial charge in [0.15, 0.2) is 16.3 Å². The zero-order valence-electron chi connectivity index (χ0n) is 17.2. The van der Waals surface area contributed by atoms with E-state index in [2.05, 4.69) is 20.9 Å². The van der Waals surface area contributed by atoms with E-state index in [-0.39, 0.29) is 17.8 Å². The summed E-state index contributed by atoms with van der Waals surface area (Å²) in [5.74, 6) is 0.149. The van der Waals surface area contributed by atoms with Crippen molar-refractivity contribution in [1.82, 2.24) is 18.7 Å². The first-order valence-corrected chi connectivity index (χ1v) is 11.3. The van der Waals surface area contributed by atoms with Gasteiger partial charge in [-0.15, -0.1) is 0 Å². The number of rotatable bonds is 7. The number of thioether (sulfide) groups is 1. The number of carbonyl (C=O) groups is 1. The van der Waals surface area contributed by atoms with Gasteiger partial charge in [-0.3, -0.25) is 18.5 Å². The summed E-state index contributed by atoms with van der Waals surface area (Å²) in [5.41, 5.74) is 0.570. The summed E-state index contributed by atoms with van der Waals surface area (Å²) < 4.78 is 10.2. The average molecular weight is 495 g/mol. The minimum absolute atomic E-state index is 0.219. The molecule has 8 nitrogen and oxygen atoms in total. The number of aryl methyl sites for hydroxylation is 1. The summed E-state index contributed by atoms with van der Waals surface area (Å²) in [6, 6.07) is 7.15. The molecule has 1 unspecified atom stereocenters. The molecular formula is C20H23BrN4O4S. The first kappa shape index (κ1) is 22.4. The number of esters is 1. The zero-order chi connectivity index (χ0) is 22.0. The van der Waals surface area contributed by atoms with E-state index in [1.54, 1.807) is 18.5 Å². The molecule has 2 aromatic heterocycles. The summed E-state index contributed by atoms with van der Waals surface area (Å²) in [6.07, 6.45) is 0.417. The lowest BCUT2D eigenvalue weighted by Gasteiger charge is -2.18. The van der Waals surface area contributed by atoms with Gasteiger partial charge in [0.25, 0.3) is 5.56 Å². The van der Waals surface area contributed by atoms with Crippen LogP contribution in [-0.4, -0.2) is 31.3 Å². The standard InChI is InChI=1S/C20H23BrN4O4S/c1-5-14(18(27)29-6-2)25-15-16(23(3)20(28)24(4)17(15)26)22-19(25)30-11-12-8-7-9-13(21)10-12/h7-10,14H,5-6,11H2,1-4H3. The highest BCUT2D eigenvalue weighted by atomic mass is 79.9. The molecule has 0 aliphatic rings. The van der Waals surface area contributed by atoms with E-state index in [1.807, 2.05) is 31.2 Å². The van der Waals surface area contributed by atoms with Crippen molar-refractivity contribution >= 4 is 44.8 Å². The van der Waals surface area contributed by atoms with E-state index >= 15 is 0 Å². The number of benzene rings is 1. The Balaban J connectivity index is 2.20. The fourth-order valence-electron chi connectivity index (χ4n) is 3.25. The summed E-state index contributed by atoms with van der Waals surface area (Å²) >= 11 is 4.87. The molecule has 1 aromatic carbocycles. The lowest BCUT2D eigenvalue weighted by atomic mass is 10.2. The quantitative estimate of drug-likeness (QED) is 0.370. The van der Waals surface area contributed by atoms with Crippen molar-refractivity contribution in [2.24, 2.45) is 14.1 Å². The Bertz CT molecular complexity index is 1210. The third-order valence-electron chi connectivity index (χ3n) is 4.77. The number of ether oxygens (including phenoxy) is 1. The van der Waals surface area contributed by atoms with Crippen LogP contribution in [0.15, 0.2) is 43.5 Å². The second-order valence-electron chi connectivity index (χ2n) is 6.74. The van der Waals surface area contributed by atoms with Gasteiger partial charge in [0.05, 0.1) is 6.61 Å². The van der Waals surface area contributed by atoms with Gasteiger partial charge in [-0.25, -0.2) is 14.6 Å². The van der Waals surface area contributed by atoms with Gasteiger partial charge in [-0.05, 0) is 31.0 Å². The van der Waals surface area contributed by atoms with Gasteiger partial charge in [0.2, 0.25) is 0 Å². The molecule has 3 aromatic rings. The van der Waals surface area contributed by atoms with Gasteiger partial charge in [0, 0.05) is 24.3 Å². The highest BCUT2D eigenvalue weighted by molar-refractivity contribution is 9.10. The molecule has 0 saturated heterocycles. The second kappa shape index (κ2) is 9.22. The van der Waals surface area contributed by atoms with Crippen LogP contribution in [0.3, 0.4) is 0 Å². The monoisotopic (exact) mass is 494 g/mol. The Morgan fingerprint density at radius 3 is 2.60 bits per heavy atom. The SMILES string of the molecule is CCOC(=O)C(CC)n1c(SCc2cccc(Br)c2)nc2c1c(=O)n(C)c(=O)n2C. The van der Waals surface area contributed by atoms with E-state index in [0.29, 0.717) is 17.3 Å². The molecule has 0 aliphatic carbocycles. The number of hydrogen-bond acceptors (Lipinski definition) is 6. The van der Waals surface area contributed by atoms with E-state index in [9.17, 15) is 14.4 Å². The molecule has 0 saturated carbocycles. The fraction of sp³-hybridized carbons (Fsp3) is 0.400. The lowest BCUT2D eigenvalue weighted by Crippen LogP contribution is -2.38. The Kier molecular flexibility index (Phi) is 6.87. The molecule has 3 rings (SSSR count). The molecule has 10 heteroatoms. The molecule has 0 radical (unpaired) electrons. The number of aromatic nitrogens is 4. The van der Waals surface area contributed by atoms with Crippen molar-refractivity contribution in [3.05, 3.63) is 55.1 Å². The van der Waals surface area contributed by atoms with Crippen LogP contribution in [0.25, 0.3) is 11.2 Å². The van der Waals surface area contributed by atoms with E-state index in [0.717, 1.165) is 14.6 Å². The summed E-state index contributed by atoms with van der Waals surface area (Å²) in [4.78, 5) is 42.6. The largest absolute Gasteiger partial charge is 0.464 e. The molecule has 0 fully saturated rings. The summed E-state index contributed by atoms with van der Waals surface area (Å²) in [6.45, 7) is 3.82. The van der Waals surface area contributed by atoms with Gasteiger partial charge in [-0.1, -0.05) is 46.7 Å². The van der Waals surface area contributed by atoms with Crippen LogP contribution in [0, 0.1) is 0 Å². The Morgan fingerprint density at radius 1 is 1.23 bits per heavy atom. The van der Waals surface area contributed by atoms with Crippen LogP contribution in [-0.2, 0) is 29.4 Å². The average Bonchev–Trinajstić information content (AvgIpc) is 3.09. The molecule has 0 amide bonds. The van der Waals surface area contributed by atoms with Crippen LogP contribution in [0.4, 0.5) is 0 Å². The van der Waals surface area contributed by atoms with Crippen LogP contribution < -0.4 is 11.2 Å². The molecule has 0 aliphatic heterocycles. The third-order valence-corrected chi connectivity index (χ3v) is 6.29. The van der Waals surface area contributed by atoms with E-state index < -0.39 is 23.3 Å². The summed E-state index contributed by atoms with van der Waals surface area (Å²) in [7, 11) is 2.98. The number of fused-ring (bicyclic) bond motifs is 1. The second-order valence-corrected chi connectivity index (χ2v) is 8.60. The van der Waals surface area contributed by atoms with Crippen molar-refractivity contribution < 1.29 is 9.53 Å². The Hall–Kier alpha value is -2.33. The number of carbonyl (C=O) groups excluding carboxylic acids is 1. The predicted octanol–water partition coefficient (Wildman–Crippen LogP) is 3.00. The fourth-order valence-corrected chi connectivity index (χ4v) is 4.68. The highest BCUT2D eigenvalue weighted by Gasteiger charge is 2.29. The third kappa shape index (κ3) is 4.11. The molecule has 0 N–H and O–H groups in total. The number of halogens is 1. The summed E-state index contributed by atoms with van der Waals surface area (Å²) in [5, 5.41) is 0.489. The maximum Gasteiger partial charge on any atom is 0.332 e. The van der Waals surface area contributed by atoms with Crippen LogP contribution >= 0.6 is 27.7 Å². The van der Waals surface area contributed by atoms with Crippen molar-refractivity contribution in [2.45, 2.75) is 37.2 Å². The van der Waals surface area contributed by atoms with E-state index in [4.69, 9.17) is 4.74 Å². The topological polar surface area (TPSA) is 88.1 Å². The number of hydrogen-bond donors (Lipinski definition) is 0. The normalized spacial score (nSPS) is 12.3. The smallest absolute Gasteiger partial charge is 0.332 e. The van der Waals surface area contributed by atoms with Gasteiger partial charge < -0.3 is 4.74 Å². The first-order chi connectivity index (χ1) is 14.3. The Labute approximate surface area is 186 Å². The molecular weight excluding hydrogens is 472 g/mol. The molecule has 2 heterocycles. The van der Waals surface area contributed by atoms with Crippen LogP contribution in [0.2, 0.25) is 0 Å². The molecule has 0 spiro atoms. The van der Waals surface area contributed by atoms with Crippen molar-refractivity contribution in [3.8, 4) is 0 Å². The molecule has 160 valence electrons. The maximum atomic E-state index is 13.0. The van der Waals surface area contributed by atoms with Gasteiger partial charge in [0.1, 0.15) is 6.04 Å². The van der Waals surface area contributed by atoms with E-state index in [1.165, 1.54) is 23.4 Å². The van der Waals surface area contributed by atoms with Crippen LogP contribution in [0.5, 0.6) is 0 Å². The van der Waals surface area contributed by atoms with Gasteiger partial charge in [-0.2, -0.15) is 0 Å². The Morgan fingerprint density at radius 2 is 1.97 bits per heavy atom. The minimum atomic E-state index is -0.717. The maximum absolute atomic E-state index is 13.0. The molecule has 0 bridgehead atoms. The zero-order valence-corrected chi connectivity index (χ0v) is 19.6. The lowest BCUT2D eigenvalue weighted by molar-refractivity contribution is -0.147. The van der Waals surface area contributed by atoms with Crippen molar-refractivity contribution in [2.75, 3.05) is 6.61 Å². The molecule has 1 atom stereocenters. The van der Waals surface area contributed by atoms with Crippen molar-refractivity contribution in [1.29, 1.82) is 0 Å². The molecule has 30 heavy (non-hydrogen) atoms. The number of nitrogens with zero attached hydrogens (tertiary/aromatic N) is 4. The van der Waals surface area contributed by atoms with Crippen LogP contribution in [0.1, 0.15) is 31.9 Å². The number of imidazole rings is 1. The van der Waals surface area contributed by atoms with Gasteiger partial charge >= 0.3 is 11.7 Å². The predicted molar refractivity (Wildman–Crippen MR) is 120 cm³/mol. The van der Waals surface area contributed by atoms with Crippen molar-refractivity contribution in [3.63, 3.8) is 0 Å². The first-order valence-electron chi connectivity index (χ1n) is 9.51. The minimum Gasteiger partial charge on any atom is -0.464 e. The highest BCUT2D eigenvalue weighted by Crippen LogP contribution is 2.30.